The van der Waals surface area contributed by atoms with Gasteiger partial charge in [-0.25, -0.2) is 4.98 Å². The zero-order valence-electron chi connectivity index (χ0n) is 11.6. The van der Waals surface area contributed by atoms with E-state index in [9.17, 15) is 4.79 Å². The Morgan fingerprint density at radius 1 is 1.24 bits per heavy atom. The van der Waals surface area contributed by atoms with Gasteiger partial charge in [-0.15, -0.1) is 0 Å². The zero-order chi connectivity index (χ0) is 14.7. The molecule has 0 atom stereocenters. The monoisotopic (exact) mass is 281 g/mol. The van der Waals surface area contributed by atoms with Crippen molar-refractivity contribution >= 4 is 16.9 Å². The molecule has 0 aliphatic heterocycles. The molecule has 3 rings (SSSR count). The first-order chi connectivity index (χ1) is 10.3. The van der Waals surface area contributed by atoms with Crippen LogP contribution in [0.2, 0.25) is 0 Å². The molecule has 1 aromatic heterocycles. The maximum absolute atomic E-state index is 12.1. The average molecular weight is 281 g/mol. The normalized spacial score (nSPS) is 10.5. The SMILES string of the molecule is COc1cccc(C(=O)NCc2nc3ccccc3[nH]2)c1. The van der Waals surface area contributed by atoms with Gasteiger partial charge in [-0.1, -0.05) is 18.2 Å². The Bertz CT molecular complexity index is 747. The molecular weight excluding hydrogens is 266 g/mol. The van der Waals surface area contributed by atoms with Crippen molar-refractivity contribution in [1.82, 2.24) is 15.3 Å². The van der Waals surface area contributed by atoms with E-state index < -0.39 is 0 Å². The number of fused-ring (bicyclic) bond motifs is 1. The van der Waals surface area contributed by atoms with Gasteiger partial charge < -0.3 is 15.0 Å². The molecule has 2 N–H and O–H groups in total. The van der Waals surface area contributed by atoms with Gasteiger partial charge in [0.25, 0.3) is 5.91 Å². The fourth-order valence-corrected chi connectivity index (χ4v) is 2.12. The fraction of sp³-hybridized carbons (Fsp3) is 0.125. The molecule has 0 fully saturated rings. The van der Waals surface area contributed by atoms with E-state index in [4.69, 9.17) is 4.74 Å². The number of amides is 1. The number of benzene rings is 2. The van der Waals surface area contributed by atoms with Crippen LogP contribution >= 0.6 is 0 Å². The quantitative estimate of drug-likeness (QED) is 0.772. The molecule has 5 nitrogen and oxygen atoms in total. The number of rotatable bonds is 4. The predicted octanol–water partition coefficient (Wildman–Crippen LogP) is 2.50. The number of nitrogens with one attached hydrogen (secondary N) is 2. The number of nitrogens with zero attached hydrogens (tertiary/aromatic N) is 1. The summed E-state index contributed by atoms with van der Waals surface area (Å²) in [6.07, 6.45) is 0. The number of aromatic amines is 1. The number of para-hydroxylation sites is 2. The molecule has 106 valence electrons. The maximum atomic E-state index is 12.1. The van der Waals surface area contributed by atoms with Crippen LogP contribution < -0.4 is 10.1 Å². The second-order valence-electron chi connectivity index (χ2n) is 4.62. The Balaban J connectivity index is 1.70. The minimum Gasteiger partial charge on any atom is -0.497 e. The van der Waals surface area contributed by atoms with Gasteiger partial charge in [-0.05, 0) is 30.3 Å². The van der Waals surface area contributed by atoms with E-state index in [1.807, 2.05) is 24.3 Å². The Kier molecular flexibility index (Phi) is 3.55. The lowest BCUT2D eigenvalue weighted by molar-refractivity contribution is 0.0949. The van der Waals surface area contributed by atoms with Crippen LogP contribution in [0.3, 0.4) is 0 Å². The van der Waals surface area contributed by atoms with Gasteiger partial charge in [0.15, 0.2) is 0 Å². The Hall–Kier alpha value is -2.82. The van der Waals surface area contributed by atoms with E-state index in [0.29, 0.717) is 17.9 Å². The number of hydrogen-bond acceptors (Lipinski definition) is 3. The lowest BCUT2D eigenvalue weighted by atomic mass is 10.2. The second kappa shape index (κ2) is 5.66. The van der Waals surface area contributed by atoms with Crippen LogP contribution in [0.5, 0.6) is 5.75 Å². The lowest BCUT2D eigenvalue weighted by Crippen LogP contribution is -2.23. The van der Waals surface area contributed by atoms with Crippen molar-refractivity contribution in [1.29, 1.82) is 0 Å². The van der Waals surface area contributed by atoms with Crippen LogP contribution in [0.25, 0.3) is 11.0 Å². The van der Waals surface area contributed by atoms with Gasteiger partial charge in [0.05, 0.1) is 24.7 Å². The van der Waals surface area contributed by atoms with E-state index in [1.165, 1.54) is 0 Å². The van der Waals surface area contributed by atoms with Crippen molar-refractivity contribution < 1.29 is 9.53 Å². The molecule has 0 saturated carbocycles. The molecule has 0 unspecified atom stereocenters. The van der Waals surface area contributed by atoms with Gasteiger partial charge in [-0.3, -0.25) is 4.79 Å². The first-order valence-electron chi connectivity index (χ1n) is 6.62. The van der Waals surface area contributed by atoms with Crippen LogP contribution in [0.1, 0.15) is 16.2 Å². The van der Waals surface area contributed by atoms with Crippen molar-refractivity contribution in [2.45, 2.75) is 6.54 Å². The Morgan fingerprint density at radius 3 is 2.90 bits per heavy atom. The zero-order valence-corrected chi connectivity index (χ0v) is 11.6. The fourth-order valence-electron chi connectivity index (χ4n) is 2.12. The van der Waals surface area contributed by atoms with E-state index in [0.717, 1.165) is 16.9 Å². The highest BCUT2D eigenvalue weighted by molar-refractivity contribution is 5.94. The third-order valence-corrected chi connectivity index (χ3v) is 3.19. The summed E-state index contributed by atoms with van der Waals surface area (Å²) in [4.78, 5) is 19.7. The summed E-state index contributed by atoms with van der Waals surface area (Å²) < 4.78 is 5.11. The number of H-pyrrole nitrogens is 1. The molecule has 0 spiro atoms. The molecule has 3 aromatic rings. The van der Waals surface area contributed by atoms with E-state index in [1.54, 1.807) is 31.4 Å². The van der Waals surface area contributed by atoms with Crippen LogP contribution in [0.15, 0.2) is 48.5 Å². The molecule has 0 aliphatic carbocycles. The molecular formula is C16H15N3O2. The Labute approximate surface area is 122 Å². The van der Waals surface area contributed by atoms with Crippen molar-refractivity contribution in [3.63, 3.8) is 0 Å². The second-order valence-corrected chi connectivity index (χ2v) is 4.62. The van der Waals surface area contributed by atoms with Crippen molar-refractivity contribution in [3.8, 4) is 5.75 Å². The molecule has 1 heterocycles. The number of methoxy groups -OCH3 is 1. The molecule has 21 heavy (non-hydrogen) atoms. The number of aromatic nitrogens is 2. The number of carbonyl (C=O) groups is 1. The van der Waals surface area contributed by atoms with Crippen LogP contribution in [0.4, 0.5) is 0 Å². The van der Waals surface area contributed by atoms with E-state index >= 15 is 0 Å². The largest absolute Gasteiger partial charge is 0.497 e. The average Bonchev–Trinajstić information content (AvgIpc) is 2.95. The van der Waals surface area contributed by atoms with Gasteiger partial charge in [0.2, 0.25) is 0 Å². The minimum atomic E-state index is -0.158. The lowest BCUT2D eigenvalue weighted by Gasteiger charge is -2.05. The van der Waals surface area contributed by atoms with Gasteiger partial charge in [-0.2, -0.15) is 0 Å². The maximum Gasteiger partial charge on any atom is 0.251 e. The van der Waals surface area contributed by atoms with Crippen LogP contribution in [0, 0.1) is 0 Å². The first-order valence-corrected chi connectivity index (χ1v) is 6.62. The number of ether oxygens (including phenoxy) is 1. The van der Waals surface area contributed by atoms with Crippen molar-refractivity contribution in [3.05, 3.63) is 59.9 Å². The molecule has 0 aliphatic rings. The molecule has 5 heteroatoms. The molecule has 0 saturated heterocycles. The molecule has 1 amide bonds. The number of hydrogen-bond donors (Lipinski definition) is 2. The predicted molar refractivity (Wildman–Crippen MR) is 80.3 cm³/mol. The van der Waals surface area contributed by atoms with Gasteiger partial charge in [0.1, 0.15) is 11.6 Å². The van der Waals surface area contributed by atoms with E-state index in [2.05, 4.69) is 15.3 Å². The summed E-state index contributed by atoms with van der Waals surface area (Å²) in [5.41, 5.74) is 2.41. The molecule has 0 radical (unpaired) electrons. The van der Waals surface area contributed by atoms with E-state index in [-0.39, 0.29) is 5.91 Å². The minimum absolute atomic E-state index is 0.158. The topological polar surface area (TPSA) is 67.0 Å². The third-order valence-electron chi connectivity index (χ3n) is 3.19. The highest BCUT2D eigenvalue weighted by Crippen LogP contribution is 2.13. The Morgan fingerprint density at radius 2 is 2.10 bits per heavy atom. The first kappa shape index (κ1) is 13.2. The summed E-state index contributed by atoms with van der Waals surface area (Å²) in [6, 6.07) is 14.8. The summed E-state index contributed by atoms with van der Waals surface area (Å²) in [6.45, 7) is 0.352. The van der Waals surface area contributed by atoms with Crippen molar-refractivity contribution in [2.75, 3.05) is 7.11 Å². The number of carbonyl (C=O) groups excluding carboxylic acids is 1. The van der Waals surface area contributed by atoms with Crippen LogP contribution in [-0.4, -0.2) is 23.0 Å². The summed E-state index contributed by atoms with van der Waals surface area (Å²) in [5, 5.41) is 2.84. The van der Waals surface area contributed by atoms with Crippen molar-refractivity contribution in [2.24, 2.45) is 0 Å². The number of imidazole rings is 1. The highest BCUT2D eigenvalue weighted by atomic mass is 16.5. The highest BCUT2D eigenvalue weighted by Gasteiger charge is 2.08. The third kappa shape index (κ3) is 2.86. The summed E-state index contributed by atoms with van der Waals surface area (Å²) in [7, 11) is 1.57. The van der Waals surface area contributed by atoms with Crippen LogP contribution in [-0.2, 0) is 6.54 Å². The van der Waals surface area contributed by atoms with Gasteiger partial charge in [0, 0.05) is 5.56 Å². The molecule has 0 bridgehead atoms. The molecule has 2 aromatic carbocycles. The summed E-state index contributed by atoms with van der Waals surface area (Å²) in [5.74, 6) is 1.23. The standard InChI is InChI=1S/C16H15N3O2/c1-21-12-6-4-5-11(9-12)16(20)17-10-15-18-13-7-2-3-8-14(13)19-15/h2-9H,10H2,1H3,(H,17,20)(H,18,19). The van der Waals surface area contributed by atoms with Gasteiger partial charge >= 0.3 is 0 Å². The summed E-state index contributed by atoms with van der Waals surface area (Å²) >= 11 is 0. The smallest absolute Gasteiger partial charge is 0.251 e.